The first kappa shape index (κ1) is 34.9. The Morgan fingerprint density at radius 1 is 1.00 bits per heavy atom. The number of nitrogens with one attached hydrogen (secondary N) is 1. The van der Waals surface area contributed by atoms with Crippen molar-refractivity contribution in [3.05, 3.63) is 63.1 Å². The van der Waals surface area contributed by atoms with Crippen LogP contribution in [0, 0.1) is 0 Å². The number of aromatic nitrogens is 4. The van der Waals surface area contributed by atoms with E-state index in [1.54, 1.807) is 6.07 Å². The first-order valence-corrected chi connectivity index (χ1v) is 14.5. The Labute approximate surface area is 267 Å². The molecule has 1 aliphatic heterocycles. The van der Waals surface area contributed by atoms with E-state index in [4.69, 9.17) is 47.9 Å². The molecule has 2 heterocycles. The van der Waals surface area contributed by atoms with Gasteiger partial charge in [-0.1, -0.05) is 41.4 Å². The highest BCUT2D eigenvalue weighted by atomic mass is 35.5. The van der Waals surface area contributed by atoms with E-state index < -0.39 is 6.03 Å². The van der Waals surface area contributed by atoms with E-state index in [0.29, 0.717) is 81.8 Å². The number of halogens is 3. The molecule has 0 bridgehead atoms. The second-order valence-electron chi connectivity index (χ2n) is 9.78. The van der Waals surface area contributed by atoms with Gasteiger partial charge in [0.25, 0.3) is 0 Å². The topological polar surface area (TPSA) is 139 Å². The zero-order valence-corrected chi connectivity index (χ0v) is 26.4. The number of carbonyl (C=O) groups is 1. The van der Waals surface area contributed by atoms with Gasteiger partial charge in [0.1, 0.15) is 0 Å². The summed E-state index contributed by atoms with van der Waals surface area (Å²) in [5.74, 6) is 0.686. The summed E-state index contributed by atoms with van der Waals surface area (Å²) < 4.78 is 21.8. The number of primary amides is 1. The predicted octanol–water partition coefficient (Wildman–Crippen LogP) is 3.38. The molecule has 2 amide bonds. The fraction of sp³-hybridized carbons (Fsp3) is 0.500. The molecular weight excluding hydrogens is 621 g/mol. The molecule has 0 spiro atoms. The smallest absolute Gasteiger partial charge is 0.312 e. The van der Waals surface area contributed by atoms with Crippen molar-refractivity contribution in [3.8, 4) is 11.4 Å². The van der Waals surface area contributed by atoms with Crippen LogP contribution in [0.2, 0.25) is 10.0 Å². The Hall–Kier alpha value is -2.55. The van der Waals surface area contributed by atoms with Crippen LogP contribution in [0.15, 0.2) is 36.4 Å². The quantitative estimate of drug-likeness (QED) is 0.209. The summed E-state index contributed by atoms with van der Waals surface area (Å²) in [6.45, 7) is 6.03. The van der Waals surface area contributed by atoms with Crippen molar-refractivity contribution >= 4 is 41.6 Å². The minimum absolute atomic E-state index is 0. The Balaban J connectivity index is 0.00000506. The van der Waals surface area contributed by atoms with Gasteiger partial charge in [0.2, 0.25) is 5.82 Å². The third-order valence-electron chi connectivity index (χ3n) is 6.59. The van der Waals surface area contributed by atoms with E-state index in [1.807, 2.05) is 18.2 Å². The number of hydrogen-bond acceptors (Lipinski definition) is 9. The van der Waals surface area contributed by atoms with Crippen molar-refractivity contribution in [2.75, 3.05) is 73.0 Å². The van der Waals surface area contributed by atoms with Gasteiger partial charge in [0, 0.05) is 41.2 Å². The van der Waals surface area contributed by atoms with Crippen molar-refractivity contribution in [1.29, 1.82) is 0 Å². The van der Waals surface area contributed by atoms with Crippen LogP contribution >= 0.6 is 35.6 Å². The molecule has 0 saturated carbocycles. The molecular formula is C28H38Cl3N7O5. The van der Waals surface area contributed by atoms with Crippen LogP contribution < -0.4 is 11.1 Å². The third kappa shape index (κ3) is 11.1. The number of tetrazole rings is 1. The van der Waals surface area contributed by atoms with Crippen LogP contribution in [0.1, 0.15) is 22.6 Å². The van der Waals surface area contributed by atoms with Crippen molar-refractivity contribution in [3.63, 3.8) is 0 Å². The van der Waals surface area contributed by atoms with Gasteiger partial charge in [-0.2, -0.15) is 4.80 Å². The Bertz CT molecular complexity index is 1300. The molecule has 3 N–H and O–H groups in total. The summed E-state index contributed by atoms with van der Waals surface area (Å²) in [6, 6.07) is 11.5. The van der Waals surface area contributed by atoms with E-state index in [2.05, 4.69) is 44.8 Å². The van der Waals surface area contributed by atoms with Gasteiger partial charge >= 0.3 is 6.03 Å². The van der Waals surface area contributed by atoms with Gasteiger partial charge in [0.05, 0.1) is 59.4 Å². The van der Waals surface area contributed by atoms with Crippen LogP contribution in [-0.4, -0.2) is 104 Å². The molecule has 0 fully saturated rings. The molecule has 43 heavy (non-hydrogen) atoms. The largest absolute Gasteiger partial charge is 0.377 e. The number of likely N-dealkylation sites (N-methyl/N-ethyl adjacent to an activating group) is 1. The Kier molecular flexibility index (Phi) is 14.9. The SMILES string of the molecule is CN1Cc2c(Cl)cc(Cl)cc2[C@H](c2cccc(-c3nnn(CCOCCOCCOCCOCCNC(N)=O)n3)c2)C1.Cl. The van der Waals surface area contributed by atoms with Crippen LogP contribution in [0.5, 0.6) is 0 Å². The van der Waals surface area contributed by atoms with E-state index in [1.165, 1.54) is 4.80 Å². The number of hydrogen-bond donors (Lipinski definition) is 2. The molecule has 0 radical (unpaired) electrons. The second-order valence-corrected chi connectivity index (χ2v) is 10.6. The molecule has 236 valence electrons. The van der Waals surface area contributed by atoms with Crippen LogP contribution in [0.4, 0.5) is 4.79 Å². The lowest BCUT2D eigenvalue weighted by Crippen LogP contribution is -2.32. The standard InChI is InChI=1S/C28H37Cl2N7O5.ClH/c1-36-18-24(23-16-22(29)17-26(30)25(23)19-36)20-3-2-4-21(15-20)27-33-35-37(34-27)6-8-40-10-12-42-14-13-41-11-9-39-7-5-32-28(31)38;/h2-4,15-17,24H,5-14,18-19H2,1H3,(H3,31,32,38);1H/t24-;/m0./s1. The number of benzene rings is 2. The predicted molar refractivity (Wildman–Crippen MR) is 166 cm³/mol. The highest BCUT2D eigenvalue weighted by Gasteiger charge is 2.27. The molecule has 0 aliphatic carbocycles. The van der Waals surface area contributed by atoms with Crippen molar-refractivity contribution < 1.29 is 23.7 Å². The van der Waals surface area contributed by atoms with Crippen LogP contribution in [-0.2, 0) is 32.0 Å². The highest BCUT2D eigenvalue weighted by molar-refractivity contribution is 6.35. The molecule has 3 aromatic rings. The normalized spacial score (nSPS) is 14.7. The van der Waals surface area contributed by atoms with Gasteiger partial charge in [-0.15, -0.1) is 22.6 Å². The van der Waals surface area contributed by atoms with Crippen molar-refractivity contribution in [1.82, 2.24) is 30.4 Å². The summed E-state index contributed by atoms with van der Waals surface area (Å²) in [7, 11) is 2.09. The average Bonchev–Trinajstić information content (AvgIpc) is 3.44. The maximum absolute atomic E-state index is 10.5. The lowest BCUT2D eigenvalue weighted by Gasteiger charge is -2.33. The number of ether oxygens (including phenoxy) is 4. The number of amides is 2. The molecule has 12 nitrogen and oxygen atoms in total. The molecule has 1 atom stereocenters. The summed E-state index contributed by atoms with van der Waals surface area (Å²) in [4.78, 5) is 14.3. The summed E-state index contributed by atoms with van der Waals surface area (Å²) in [5, 5.41) is 16.8. The van der Waals surface area contributed by atoms with E-state index >= 15 is 0 Å². The Morgan fingerprint density at radius 3 is 2.37 bits per heavy atom. The van der Waals surface area contributed by atoms with Gasteiger partial charge in [-0.3, -0.25) is 0 Å². The third-order valence-corrected chi connectivity index (χ3v) is 7.15. The van der Waals surface area contributed by atoms with Gasteiger partial charge in [0.15, 0.2) is 0 Å². The highest BCUT2D eigenvalue weighted by Crippen LogP contribution is 2.39. The lowest BCUT2D eigenvalue weighted by molar-refractivity contribution is -0.00255. The molecule has 0 unspecified atom stereocenters. The Morgan fingerprint density at radius 2 is 1.67 bits per heavy atom. The van der Waals surface area contributed by atoms with Crippen LogP contribution in [0.3, 0.4) is 0 Å². The number of rotatable bonds is 17. The minimum atomic E-state index is -0.564. The fourth-order valence-corrected chi connectivity index (χ4v) is 5.20. The van der Waals surface area contributed by atoms with Gasteiger partial charge < -0.3 is 34.9 Å². The number of fused-ring (bicyclic) bond motifs is 1. The molecule has 1 aliphatic rings. The van der Waals surface area contributed by atoms with Gasteiger partial charge in [-0.05, 0) is 47.2 Å². The van der Waals surface area contributed by atoms with Gasteiger partial charge in [-0.25, -0.2) is 4.79 Å². The molecule has 1 aromatic heterocycles. The molecule has 15 heteroatoms. The van der Waals surface area contributed by atoms with Crippen LogP contribution in [0.25, 0.3) is 11.4 Å². The number of nitrogens with two attached hydrogens (primary N) is 1. The summed E-state index contributed by atoms with van der Waals surface area (Å²) in [6.07, 6.45) is 0. The number of nitrogens with zero attached hydrogens (tertiary/aromatic N) is 5. The fourth-order valence-electron chi connectivity index (χ4n) is 4.63. The number of urea groups is 1. The van der Waals surface area contributed by atoms with Crippen molar-refractivity contribution in [2.45, 2.75) is 19.0 Å². The molecule has 0 saturated heterocycles. The van der Waals surface area contributed by atoms with E-state index in [9.17, 15) is 4.79 Å². The zero-order valence-electron chi connectivity index (χ0n) is 24.0. The first-order valence-electron chi connectivity index (χ1n) is 13.8. The minimum Gasteiger partial charge on any atom is -0.377 e. The summed E-state index contributed by atoms with van der Waals surface area (Å²) >= 11 is 12.9. The summed E-state index contributed by atoms with van der Waals surface area (Å²) in [5.41, 5.74) is 9.27. The first-order chi connectivity index (χ1) is 20.4. The monoisotopic (exact) mass is 657 g/mol. The second kappa shape index (κ2) is 18.3. The molecule has 2 aromatic carbocycles. The van der Waals surface area contributed by atoms with E-state index in [-0.39, 0.29) is 18.3 Å². The average molecular weight is 659 g/mol. The van der Waals surface area contributed by atoms with Crippen molar-refractivity contribution in [2.24, 2.45) is 5.73 Å². The maximum atomic E-state index is 10.5. The maximum Gasteiger partial charge on any atom is 0.312 e. The lowest BCUT2D eigenvalue weighted by atomic mass is 9.84. The zero-order chi connectivity index (χ0) is 29.7. The molecule has 4 rings (SSSR count). The van der Waals surface area contributed by atoms with E-state index in [0.717, 1.165) is 35.3 Å². The number of carbonyl (C=O) groups excluding carboxylic acids is 1.